The number of nitrogens with one attached hydrogen (secondary N) is 2. The molecule has 0 saturated heterocycles. The van der Waals surface area contributed by atoms with Crippen molar-refractivity contribution in [2.45, 2.75) is 19.3 Å². The molecule has 1 aliphatic heterocycles. The highest BCUT2D eigenvalue weighted by Gasteiger charge is 2.42. The Labute approximate surface area is 248 Å². The minimum absolute atomic E-state index is 0.120. The number of hydrogen-bond acceptors (Lipinski definition) is 14. The SMILES string of the molecule is [2H]c1nc(N([2H])c2c([2H])c(OC)c(OC)c(OC)c2[2H])nc(N([2H])c2nc3c(c([2H])c2[2H])OC(C([2H])([2H])[2H])(C([2H])([2H])[2H])C(=O)N3C([2H])([2H])OP(=O)([O-])[O-])c1F. The molecule has 2 aromatic heterocycles. The Morgan fingerprint density at radius 1 is 1.20 bits per heavy atom. The standard InChI is InChI=1S/C23H26FN6O9P/c1-23(2)21(31)30(11-38-40(32,33)34)20-14(39-23)6-7-17(28-20)27-19-13(24)10-25-22(29-19)26-12-8-15(35-3)18(37-5)16(9-12)36-4/h6-10H,11H2,1-5H3,(H2,32,33,34)(H2,25,26,27,28,29)/p-2/i1D3,2D3,6D,7D,8D,9D,10D,11D2/hD2. The molecule has 17 heteroatoms. The minimum atomic E-state index is -6.50. The van der Waals surface area contributed by atoms with Crippen LogP contribution in [0.25, 0.3) is 0 Å². The number of anilines is 5. The largest absolute Gasteiger partial charge is 0.790 e. The fourth-order valence-electron chi connectivity index (χ4n) is 2.88. The van der Waals surface area contributed by atoms with Crippen molar-refractivity contribution in [2.24, 2.45) is 0 Å². The third-order valence-electron chi connectivity index (χ3n) is 4.49. The van der Waals surface area contributed by atoms with Crippen molar-refractivity contribution in [2.75, 3.05) is 43.5 Å². The molecule has 0 unspecified atom stereocenters. The number of carbonyl (C=O) groups is 1. The van der Waals surface area contributed by atoms with Crippen LogP contribution in [0, 0.1) is 5.82 Å². The van der Waals surface area contributed by atoms with E-state index in [0.29, 0.717) is 0 Å². The van der Waals surface area contributed by atoms with Crippen LogP contribution in [-0.2, 0) is 13.9 Å². The molecule has 0 saturated carbocycles. The number of phosphoric ester groups is 1. The van der Waals surface area contributed by atoms with E-state index in [1.54, 1.807) is 0 Å². The van der Waals surface area contributed by atoms with Gasteiger partial charge in [0.1, 0.15) is 12.5 Å². The summed E-state index contributed by atoms with van der Waals surface area (Å²) in [7, 11) is -3.12. The molecule has 0 radical (unpaired) electrons. The van der Waals surface area contributed by atoms with Crippen molar-refractivity contribution >= 4 is 42.8 Å². The molecule has 4 rings (SSSR count). The molecule has 1 aromatic carbocycles. The third-order valence-corrected chi connectivity index (χ3v) is 4.79. The number of amides is 1. The molecule has 1 amide bonds. The van der Waals surface area contributed by atoms with E-state index in [9.17, 15) is 19.1 Å². The fourth-order valence-corrected chi connectivity index (χ4v) is 3.06. The van der Waals surface area contributed by atoms with E-state index in [2.05, 4.69) is 19.5 Å². The van der Waals surface area contributed by atoms with E-state index in [-0.39, 0.29) is 27.9 Å². The minimum Gasteiger partial charge on any atom is -0.790 e. The van der Waals surface area contributed by atoms with Crippen molar-refractivity contribution in [1.82, 2.24) is 15.0 Å². The van der Waals surface area contributed by atoms with Crippen molar-refractivity contribution in [1.29, 1.82) is 0 Å². The van der Waals surface area contributed by atoms with Crippen molar-refractivity contribution in [3.8, 4) is 23.0 Å². The Bertz CT molecular complexity index is 2060. The number of phosphoric acid groups is 1. The van der Waals surface area contributed by atoms with Crippen molar-refractivity contribution in [3.05, 3.63) is 36.2 Å². The van der Waals surface area contributed by atoms with Crippen molar-refractivity contribution < 1.29 is 67.7 Å². The maximum Gasteiger partial charge on any atom is 0.273 e. The van der Waals surface area contributed by atoms with Crippen LogP contribution in [0.1, 0.15) is 31.5 Å². The highest BCUT2D eigenvalue weighted by Crippen LogP contribution is 2.41. The topological polar surface area (TPSA) is 192 Å². The van der Waals surface area contributed by atoms with Gasteiger partial charge in [-0.05, 0) is 25.8 Å². The predicted octanol–water partition coefficient (Wildman–Crippen LogP) is 1.83. The second-order valence-corrected chi connectivity index (χ2v) is 8.16. The van der Waals surface area contributed by atoms with Gasteiger partial charge in [0.2, 0.25) is 11.7 Å². The van der Waals surface area contributed by atoms with E-state index in [1.807, 2.05) is 0 Å². The number of carbonyl (C=O) groups excluding carboxylic acids is 1. The van der Waals surface area contributed by atoms with Crippen LogP contribution in [0.15, 0.2) is 30.3 Å². The van der Waals surface area contributed by atoms with Crippen LogP contribution < -0.4 is 44.3 Å². The molecule has 0 aliphatic carbocycles. The number of rotatable bonds is 10. The second-order valence-electron chi connectivity index (χ2n) is 7.09. The number of hydrogen-bond donors (Lipinski definition) is 2. The monoisotopic (exact) mass is 593 g/mol. The molecule has 0 atom stereocenters. The van der Waals surface area contributed by atoms with Gasteiger partial charge in [-0.15, -0.1) is 0 Å². The first kappa shape index (κ1) is 14.9. The summed E-state index contributed by atoms with van der Waals surface area (Å²) in [6.07, 6.45) is -1.37. The molecule has 2 N–H and O–H groups in total. The van der Waals surface area contributed by atoms with E-state index >= 15 is 4.39 Å². The van der Waals surface area contributed by atoms with Crippen LogP contribution in [-0.4, -0.2) is 54.5 Å². The number of aromatic nitrogens is 3. The summed E-state index contributed by atoms with van der Waals surface area (Å²) < 4.78 is 174. The highest BCUT2D eigenvalue weighted by molar-refractivity contribution is 7.43. The van der Waals surface area contributed by atoms with Crippen LogP contribution in [0.2, 0.25) is 2.82 Å². The van der Waals surface area contributed by atoms with Crippen LogP contribution in [0.5, 0.6) is 23.0 Å². The van der Waals surface area contributed by atoms with E-state index in [0.717, 1.165) is 21.3 Å². The lowest BCUT2D eigenvalue weighted by atomic mass is 10.1. The maximum atomic E-state index is 15.5. The average Bonchev–Trinajstić information content (AvgIpc) is 3.04. The zero-order chi connectivity index (χ0) is 42.1. The molecule has 15 nitrogen and oxygen atoms in total. The van der Waals surface area contributed by atoms with Gasteiger partial charge in [-0.3, -0.25) is 9.69 Å². The van der Waals surface area contributed by atoms with Gasteiger partial charge in [-0.25, -0.2) is 14.4 Å². The zero-order valence-corrected chi connectivity index (χ0v) is 21.1. The molecule has 214 valence electrons. The number of ether oxygens (including phenoxy) is 4. The number of fused-ring (bicyclic) bond motifs is 1. The van der Waals surface area contributed by atoms with Crippen LogP contribution in [0.4, 0.5) is 33.5 Å². The van der Waals surface area contributed by atoms with E-state index in [4.69, 9.17) is 39.6 Å². The number of benzene rings is 1. The first-order valence-electron chi connectivity index (χ1n) is 17.6. The van der Waals surface area contributed by atoms with Gasteiger partial charge in [0.25, 0.3) is 5.91 Å². The van der Waals surface area contributed by atoms with Gasteiger partial charge in [0, 0.05) is 26.0 Å². The Morgan fingerprint density at radius 3 is 2.50 bits per heavy atom. The Hall–Kier alpha value is -4.24. The van der Waals surface area contributed by atoms with Crippen molar-refractivity contribution in [3.63, 3.8) is 0 Å². The quantitative estimate of drug-likeness (QED) is 0.323. The van der Waals surface area contributed by atoms with Gasteiger partial charge in [0.15, 0.2) is 43.1 Å². The molecule has 0 fully saturated rings. The van der Waals surface area contributed by atoms with Gasteiger partial charge < -0.3 is 48.4 Å². The summed E-state index contributed by atoms with van der Waals surface area (Å²) in [6, 6.07) is -4.28. The molecule has 0 spiro atoms. The number of methoxy groups -OCH3 is 3. The average molecular weight is 594 g/mol. The molecule has 3 heterocycles. The summed E-state index contributed by atoms with van der Waals surface area (Å²) in [4.78, 5) is 46.8. The normalized spacial score (nSPS) is 20.6. The van der Waals surface area contributed by atoms with Crippen LogP contribution >= 0.6 is 7.82 Å². The summed E-state index contributed by atoms with van der Waals surface area (Å²) in [5.41, 5.74) is -4.88. The third kappa shape index (κ3) is 6.15. The summed E-state index contributed by atoms with van der Waals surface area (Å²) in [5.74, 6) is -12.1. The highest BCUT2D eigenvalue weighted by atomic mass is 31.2. The Morgan fingerprint density at radius 2 is 1.90 bits per heavy atom. The summed E-state index contributed by atoms with van der Waals surface area (Å²) in [5, 5.41) is -0.165. The van der Waals surface area contributed by atoms with Gasteiger partial charge in [0.05, 0.1) is 44.9 Å². The lowest BCUT2D eigenvalue weighted by molar-refractivity contribution is -0.341. The number of halogens is 1. The summed E-state index contributed by atoms with van der Waals surface area (Å²) in [6.45, 7) is -12.6. The molecular weight excluding hydrogens is 554 g/mol. The Balaban J connectivity index is 2.02. The zero-order valence-electron chi connectivity index (χ0n) is 35.2. The van der Waals surface area contributed by atoms with Gasteiger partial charge >= 0.3 is 0 Å². The lowest BCUT2D eigenvalue weighted by Gasteiger charge is -2.39. The molecule has 3 aromatic rings. The smallest absolute Gasteiger partial charge is 0.273 e. The first-order chi connectivity index (χ1) is 25.0. The van der Waals surface area contributed by atoms with E-state index in [1.165, 1.54) is 0 Å². The molecule has 1 aliphatic rings. The fraction of sp³-hybridized carbons (Fsp3) is 0.304. The van der Waals surface area contributed by atoms with Gasteiger partial charge in [-0.2, -0.15) is 4.98 Å². The maximum absolute atomic E-state index is 15.5. The van der Waals surface area contributed by atoms with E-state index < -0.39 is 116 Å². The van der Waals surface area contributed by atoms with Gasteiger partial charge in [-0.1, -0.05) is 0 Å². The number of pyridine rings is 1. The second kappa shape index (κ2) is 11.1. The molecule has 0 bridgehead atoms. The first-order valence-corrected chi connectivity index (χ1v) is 11.7. The predicted molar refractivity (Wildman–Crippen MR) is 135 cm³/mol. The molecular formula is C23H24FN6O9P-2. The summed E-state index contributed by atoms with van der Waals surface area (Å²) >= 11 is 0. The number of nitrogens with zero attached hydrogens (tertiary/aromatic N) is 4. The molecule has 40 heavy (non-hydrogen) atoms. The Kier molecular flexibility index (Phi) is 4.15. The lowest BCUT2D eigenvalue weighted by Crippen LogP contribution is -2.53. The van der Waals surface area contributed by atoms with Crippen LogP contribution in [0.3, 0.4) is 0 Å².